The Labute approximate surface area is 203 Å². The third-order valence-electron chi connectivity index (χ3n) is 6.80. The molecule has 0 unspecified atom stereocenters. The maximum Gasteiger partial charge on any atom is 0.408 e. The van der Waals surface area contributed by atoms with Gasteiger partial charge in [-0.05, 0) is 53.1 Å². The molecule has 35 heavy (non-hydrogen) atoms. The van der Waals surface area contributed by atoms with E-state index in [1.165, 1.54) is 0 Å². The van der Waals surface area contributed by atoms with Crippen LogP contribution in [0.2, 0.25) is 0 Å². The van der Waals surface area contributed by atoms with Crippen LogP contribution in [0.4, 0.5) is 4.79 Å². The smallest absolute Gasteiger partial charge is 0.408 e. The van der Waals surface area contributed by atoms with Gasteiger partial charge in [-0.3, -0.25) is 4.79 Å². The van der Waals surface area contributed by atoms with Crippen LogP contribution in [0.1, 0.15) is 45.8 Å². The lowest BCUT2D eigenvalue weighted by Gasteiger charge is -2.19. The van der Waals surface area contributed by atoms with Crippen molar-refractivity contribution in [3.05, 3.63) is 95.1 Å². The average Bonchev–Trinajstić information content (AvgIpc) is 3.58. The summed E-state index contributed by atoms with van der Waals surface area (Å²) in [5, 5.41) is 14.9. The second kappa shape index (κ2) is 9.25. The van der Waals surface area contributed by atoms with E-state index in [4.69, 9.17) is 4.74 Å². The highest BCUT2D eigenvalue weighted by Crippen LogP contribution is 2.44. The zero-order chi connectivity index (χ0) is 24.4. The first-order chi connectivity index (χ1) is 17.0. The van der Waals surface area contributed by atoms with Gasteiger partial charge in [0.2, 0.25) is 5.91 Å². The molecule has 1 saturated carbocycles. The zero-order valence-corrected chi connectivity index (χ0v) is 19.1. The molecular weight excluding hydrogens is 444 g/mol. The fourth-order valence-electron chi connectivity index (χ4n) is 4.79. The van der Waals surface area contributed by atoms with Crippen LogP contribution in [0.5, 0.6) is 0 Å². The SMILES string of the molecule is O=C(NC1(C(=O)NCCc2ccccc2C(=O)O)CC1)OCC1c2ccccc2-c2ccccc21. The van der Waals surface area contributed by atoms with E-state index in [1.807, 2.05) is 24.3 Å². The molecular formula is C28H26N2O5. The molecule has 0 radical (unpaired) electrons. The summed E-state index contributed by atoms with van der Waals surface area (Å²) >= 11 is 0. The van der Waals surface area contributed by atoms with Crippen molar-refractivity contribution in [2.45, 2.75) is 30.7 Å². The Balaban J connectivity index is 1.16. The molecule has 5 rings (SSSR count). The van der Waals surface area contributed by atoms with Crippen molar-refractivity contribution in [3.8, 4) is 11.1 Å². The third kappa shape index (κ3) is 4.49. The summed E-state index contributed by atoms with van der Waals surface area (Å²) in [6.45, 7) is 0.459. The van der Waals surface area contributed by atoms with E-state index in [0.29, 0.717) is 24.8 Å². The number of carbonyl (C=O) groups excluding carboxylic acids is 2. The van der Waals surface area contributed by atoms with Crippen LogP contribution in [0.3, 0.4) is 0 Å². The standard InChI is InChI=1S/C28H26N2O5/c31-25(32)19-8-2-1-7-18(19)13-16-29-26(33)28(14-15-28)30-27(34)35-17-24-22-11-5-3-9-20(22)21-10-4-6-12-23(21)24/h1-12,24H,13-17H2,(H,29,33)(H,30,34)(H,31,32). The van der Waals surface area contributed by atoms with Gasteiger partial charge in [-0.25, -0.2) is 9.59 Å². The Morgan fingerprint density at radius 1 is 0.886 bits per heavy atom. The van der Waals surface area contributed by atoms with Crippen molar-refractivity contribution in [1.29, 1.82) is 0 Å². The Morgan fingerprint density at radius 2 is 1.49 bits per heavy atom. The van der Waals surface area contributed by atoms with Gasteiger partial charge in [0.15, 0.2) is 0 Å². The van der Waals surface area contributed by atoms with E-state index in [1.54, 1.807) is 24.3 Å². The lowest BCUT2D eigenvalue weighted by molar-refractivity contribution is -0.124. The zero-order valence-electron chi connectivity index (χ0n) is 19.1. The number of alkyl carbamates (subject to hydrolysis) is 1. The topological polar surface area (TPSA) is 105 Å². The molecule has 7 heteroatoms. The quantitative estimate of drug-likeness (QED) is 0.460. The largest absolute Gasteiger partial charge is 0.478 e. The number of nitrogens with one attached hydrogen (secondary N) is 2. The molecule has 178 valence electrons. The molecule has 2 aliphatic rings. The molecule has 0 aromatic heterocycles. The molecule has 3 N–H and O–H groups in total. The van der Waals surface area contributed by atoms with E-state index >= 15 is 0 Å². The van der Waals surface area contributed by atoms with E-state index in [-0.39, 0.29) is 30.5 Å². The molecule has 0 aliphatic heterocycles. The van der Waals surface area contributed by atoms with Crippen LogP contribution in [-0.4, -0.2) is 41.8 Å². The molecule has 2 amide bonds. The number of carbonyl (C=O) groups is 3. The van der Waals surface area contributed by atoms with Crippen molar-refractivity contribution >= 4 is 18.0 Å². The number of amides is 2. The van der Waals surface area contributed by atoms with Gasteiger partial charge in [0, 0.05) is 12.5 Å². The highest BCUT2D eigenvalue weighted by molar-refractivity contribution is 5.93. The maximum atomic E-state index is 12.8. The predicted molar refractivity (Wildman–Crippen MR) is 130 cm³/mol. The monoisotopic (exact) mass is 470 g/mol. The Kier molecular flexibility index (Phi) is 5.99. The van der Waals surface area contributed by atoms with Gasteiger partial charge in [-0.15, -0.1) is 0 Å². The van der Waals surface area contributed by atoms with Crippen LogP contribution in [0.25, 0.3) is 11.1 Å². The van der Waals surface area contributed by atoms with Crippen molar-refractivity contribution < 1.29 is 24.2 Å². The number of hydrogen-bond acceptors (Lipinski definition) is 4. The second-order valence-electron chi connectivity index (χ2n) is 9.00. The van der Waals surface area contributed by atoms with Gasteiger partial charge in [-0.1, -0.05) is 66.7 Å². The molecule has 7 nitrogen and oxygen atoms in total. The highest BCUT2D eigenvalue weighted by atomic mass is 16.5. The number of benzene rings is 3. The molecule has 3 aromatic rings. The predicted octanol–water partition coefficient (Wildman–Crippen LogP) is 4.11. The lowest BCUT2D eigenvalue weighted by atomic mass is 9.98. The van der Waals surface area contributed by atoms with Gasteiger partial charge in [0.05, 0.1) is 5.56 Å². The highest BCUT2D eigenvalue weighted by Gasteiger charge is 2.51. The van der Waals surface area contributed by atoms with Crippen LogP contribution < -0.4 is 10.6 Å². The van der Waals surface area contributed by atoms with Crippen LogP contribution in [0, 0.1) is 0 Å². The minimum absolute atomic E-state index is 0.0496. The summed E-state index contributed by atoms with van der Waals surface area (Å²) in [5.74, 6) is -1.33. The number of rotatable bonds is 8. The van der Waals surface area contributed by atoms with Gasteiger partial charge in [-0.2, -0.15) is 0 Å². The molecule has 0 bridgehead atoms. The summed E-state index contributed by atoms with van der Waals surface area (Å²) in [6.07, 6.45) is 0.842. The van der Waals surface area contributed by atoms with Crippen molar-refractivity contribution in [1.82, 2.24) is 10.6 Å². The summed E-state index contributed by atoms with van der Waals surface area (Å²) in [6, 6.07) is 22.9. The molecule has 3 aromatic carbocycles. The fraction of sp³-hybridized carbons (Fsp3) is 0.250. The lowest BCUT2D eigenvalue weighted by Crippen LogP contribution is -2.49. The number of aromatic carboxylic acids is 1. The Hall–Kier alpha value is -4.13. The molecule has 0 heterocycles. The second-order valence-corrected chi connectivity index (χ2v) is 9.00. The normalized spacial score (nSPS) is 15.0. The van der Waals surface area contributed by atoms with E-state index in [2.05, 4.69) is 34.9 Å². The number of ether oxygens (including phenoxy) is 1. The summed E-state index contributed by atoms with van der Waals surface area (Å²) < 4.78 is 5.59. The molecule has 0 saturated heterocycles. The van der Waals surface area contributed by atoms with Crippen LogP contribution >= 0.6 is 0 Å². The fourth-order valence-corrected chi connectivity index (χ4v) is 4.79. The molecule has 0 atom stereocenters. The van der Waals surface area contributed by atoms with Gasteiger partial charge in [0.1, 0.15) is 12.1 Å². The van der Waals surface area contributed by atoms with Gasteiger partial charge in [0.25, 0.3) is 0 Å². The van der Waals surface area contributed by atoms with E-state index in [0.717, 1.165) is 22.3 Å². The molecule has 2 aliphatic carbocycles. The molecule has 0 spiro atoms. The summed E-state index contributed by atoms with van der Waals surface area (Å²) in [4.78, 5) is 36.7. The number of carboxylic acid groups (broad SMARTS) is 1. The number of fused-ring (bicyclic) bond motifs is 3. The van der Waals surface area contributed by atoms with E-state index in [9.17, 15) is 19.5 Å². The summed E-state index contributed by atoms with van der Waals surface area (Å²) in [7, 11) is 0. The first-order valence-electron chi connectivity index (χ1n) is 11.7. The third-order valence-corrected chi connectivity index (χ3v) is 6.80. The van der Waals surface area contributed by atoms with Crippen LogP contribution in [0.15, 0.2) is 72.8 Å². The van der Waals surface area contributed by atoms with E-state index < -0.39 is 17.6 Å². The summed E-state index contributed by atoms with van der Waals surface area (Å²) in [5.41, 5.74) is 4.46. The minimum Gasteiger partial charge on any atom is -0.478 e. The molecule has 1 fully saturated rings. The van der Waals surface area contributed by atoms with Gasteiger partial charge >= 0.3 is 12.1 Å². The maximum absolute atomic E-state index is 12.8. The average molecular weight is 471 g/mol. The first kappa shape index (κ1) is 22.7. The minimum atomic E-state index is -0.998. The van der Waals surface area contributed by atoms with Crippen molar-refractivity contribution in [2.24, 2.45) is 0 Å². The first-order valence-corrected chi connectivity index (χ1v) is 11.7. The number of hydrogen-bond donors (Lipinski definition) is 3. The van der Waals surface area contributed by atoms with Crippen molar-refractivity contribution in [2.75, 3.05) is 13.2 Å². The van der Waals surface area contributed by atoms with Crippen LogP contribution in [-0.2, 0) is 16.0 Å². The Bertz CT molecular complexity index is 1250. The van der Waals surface area contributed by atoms with Gasteiger partial charge < -0.3 is 20.5 Å². The van der Waals surface area contributed by atoms with Crippen molar-refractivity contribution in [3.63, 3.8) is 0 Å². The number of carboxylic acids is 1. The Morgan fingerprint density at radius 3 is 2.11 bits per heavy atom.